The molecule has 19 heavy (non-hydrogen) atoms. The molecule has 0 aromatic heterocycles. The average molecular weight is 380 g/mol. The van der Waals surface area contributed by atoms with Crippen molar-refractivity contribution in [3.8, 4) is 0 Å². The minimum absolute atomic E-state index is 0. The van der Waals surface area contributed by atoms with Crippen molar-refractivity contribution in [2.45, 2.75) is 44.1 Å². The van der Waals surface area contributed by atoms with Crippen LogP contribution >= 0.6 is 24.0 Å². The molecule has 2 aliphatic rings. The lowest BCUT2D eigenvalue weighted by Gasteiger charge is -2.40. The Labute approximate surface area is 135 Å². The van der Waals surface area contributed by atoms with Crippen molar-refractivity contribution in [1.82, 2.24) is 15.1 Å². The topological polar surface area (TPSA) is 30.9 Å². The smallest absolute Gasteiger partial charge is 0.193 e. The van der Waals surface area contributed by atoms with Crippen molar-refractivity contribution in [2.75, 3.05) is 40.8 Å². The molecule has 112 valence electrons. The summed E-state index contributed by atoms with van der Waals surface area (Å²) in [5.74, 6) is 1.08. The second kappa shape index (κ2) is 7.67. The summed E-state index contributed by atoms with van der Waals surface area (Å²) in [6, 6.07) is 0. The van der Waals surface area contributed by atoms with Gasteiger partial charge in [0, 0.05) is 25.7 Å². The molecule has 0 radical (unpaired) electrons. The molecule has 1 fully saturated rings. The molecular formula is C14H29IN4. The Kier molecular flexibility index (Phi) is 6.86. The average Bonchev–Trinajstić information content (AvgIpc) is 2.63. The van der Waals surface area contributed by atoms with Gasteiger partial charge in [-0.2, -0.15) is 0 Å². The lowest BCUT2D eigenvalue weighted by atomic mass is 9.89. The van der Waals surface area contributed by atoms with Gasteiger partial charge in [0.1, 0.15) is 0 Å². The van der Waals surface area contributed by atoms with Gasteiger partial charge in [-0.25, -0.2) is 0 Å². The maximum absolute atomic E-state index is 4.53. The van der Waals surface area contributed by atoms with Crippen LogP contribution in [0.3, 0.4) is 0 Å². The van der Waals surface area contributed by atoms with E-state index < -0.39 is 0 Å². The van der Waals surface area contributed by atoms with E-state index in [1.807, 2.05) is 0 Å². The first-order valence-electron chi connectivity index (χ1n) is 7.31. The molecule has 0 aromatic rings. The van der Waals surface area contributed by atoms with Crippen LogP contribution in [0.25, 0.3) is 0 Å². The molecule has 0 bridgehead atoms. The third kappa shape index (κ3) is 4.21. The molecular weight excluding hydrogens is 351 g/mol. The number of hydrogen-bond acceptors (Lipinski definition) is 4. The lowest BCUT2D eigenvalue weighted by Crippen LogP contribution is -2.53. The largest absolute Gasteiger partial charge is 0.354 e. The van der Waals surface area contributed by atoms with Gasteiger partial charge in [0.05, 0.1) is 6.54 Å². The highest BCUT2D eigenvalue weighted by molar-refractivity contribution is 14.0. The van der Waals surface area contributed by atoms with Gasteiger partial charge in [0.15, 0.2) is 5.96 Å². The van der Waals surface area contributed by atoms with Crippen LogP contribution in [0.1, 0.15) is 38.5 Å². The monoisotopic (exact) mass is 380 g/mol. The molecule has 5 heteroatoms. The van der Waals surface area contributed by atoms with Gasteiger partial charge in [0.2, 0.25) is 0 Å². The Hall–Kier alpha value is -0.0400. The maximum atomic E-state index is 4.53. The van der Waals surface area contributed by atoms with E-state index in [1.165, 1.54) is 38.5 Å². The molecule has 1 aliphatic heterocycles. The van der Waals surface area contributed by atoms with Gasteiger partial charge in [-0.05, 0) is 26.9 Å². The van der Waals surface area contributed by atoms with E-state index in [2.05, 4.69) is 41.3 Å². The van der Waals surface area contributed by atoms with Crippen LogP contribution in [-0.4, -0.2) is 62.1 Å². The Balaban J connectivity index is 0.00000180. The molecule has 0 aromatic carbocycles. The Bertz CT molecular complexity index is 296. The van der Waals surface area contributed by atoms with Gasteiger partial charge in [0.25, 0.3) is 0 Å². The number of aliphatic imine (C=N–C) groups is 1. The fraction of sp³-hybridized carbons (Fsp3) is 0.929. The van der Waals surface area contributed by atoms with Crippen molar-refractivity contribution < 1.29 is 0 Å². The second-order valence-electron chi connectivity index (χ2n) is 6.01. The summed E-state index contributed by atoms with van der Waals surface area (Å²) < 4.78 is 0. The van der Waals surface area contributed by atoms with Crippen LogP contribution in [0.5, 0.6) is 0 Å². The quantitative estimate of drug-likeness (QED) is 0.601. The van der Waals surface area contributed by atoms with Crippen molar-refractivity contribution in [3.63, 3.8) is 0 Å². The Morgan fingerprint density at radius 2 is 1.84 bits per heavy atom. The highest BCUT2D eigenvalue weighted by Gasteiger charge is 2.33. The summed E-state index contributed by atoms with van der Waals surface area (Å²) in [6.45, 7) is 3.02. The zero-order chi connectivity index (χ0) is 13.0. The van der Waals surface area contributed by atoms with Gasteiger partial charge in [-0.3, -0.25) is 4.99 Å². The maximum Gasteiger partial charge on any atom is 0.193 e. The summed E-state index contributed by atoms with van der Waals surface area (Å²) in [5.41, 5.74) is 0.322. The number of halogens is 1. The van der Waals surface area contributed by atoms with Crippen LogP contribution < -0.4 is 5.32 Å². The third-order valence-electron chi connectivity index (χ3n) is 4.62. The normalized spacial score (nSPS) is 22.7. The first-order valence-corrected chi connectivity index (χ1v) is 7.31. The Morgan fingerprint density at radius 1 is 1.21 bits per heavy atom. The third-order valence-corrected chi connectivity index (χ3v) is 4.62. The number of rotatable bonds is 3. The van der Waals surface area contributed by atoms with Crippen molar-refractivity contribution in [1.29, 1.82) is 0 Å². The van der Waals surface area contributed by atoms with Crippen LogP contribution in [0, 0.1) is 0 Å². The first kappa shape index (κ1) is 17.0. The van der Waals surface area contributed by atoms with Crippen LogP contribution in [-0.2, 0) is 0 Å². The summed E-state index contributed by atoms with van der Waals surface area (Å²) in [7, 11) is 6.58. The van der Waals surface area contributed by atoms with Gasteiger partial charge < -0.3 is 15.1 Å². The van der Waals surface area contributed by atoms with Crippen molar-refractivity contribution in [2.24, 2.45) is 4.99 Å². The molecule has 0 spiro atoms. The number of nitrogens with one attached hydrogen (secondary N) is 1. The number of guanidine groups is 1. The predicted octanol–water partition coefficient (Wildman–Crippen LogP) is 2.15. The molecule has 1 saturated carbocycles. The molecule has 1 aliphatic carbocycles. The molecule has 4 nitrogen and oxygen atoms in total. The van der Waals surface area contributed by atoms with Crippen LogP contribution in [0.4, 0.5) is 0 Å². The summed E-state index contributed by atoms with van der Waals surface area (Å²) in [6.07, 6.45) is 8.14. The van der Waals surface area contributed by atoms with Gasteiger partial charge in [-0.15, -0.1) is 24.0 Å². The van der Waals surface area contributed by atoms with E-state index in [4.69, 9.17) is 0 Å². The molecule has 1 N–H and O–H groups in total. The highest BCUT2D eigenvalue weighted by Crippen LogP contribution is 2.30. The standard InChI is InChI=1S/C14H28N4.HI/c1-17(2)14(8-6-4-5-7-9-14)12-16-13-15-10-11-18(13)3;/h4-12H2,1-3H3,(H,15,16);1H. The van der Waals surface area contributed by atoms with E-state index >= 15 is 0 Å². The molecule has 0 amide bonds. The molecule has 2 rings (SSSR count). The van der Waals surface area contributed by atoms with Crippen LogP contribution in [0.15, 0.2) is 4.99 Å². The number of likely N-dealkylation sites (N-methyl/N-ethyl adjacent to an activating group) is 2. The van der Waals surface area contributed by atoms with E-state index in [0.29, 0.717) is 5.54 Å². The fourth-order valence-corrected chi connectivity index (χ4v) is 3.14. The predicted molar refractivity (Wildman–Crippen MR) is 92.5 cm³/mol. The molecule has 0 unspecified atom stereocenters. The van der Waals surface area contributed by atoms with Crippen molar-refractivity contribution >= 4 is 29.9 Å². The van der Waals surface area contributed by atoms with E-state index in [9.17, 15) is 0 Å². The number of nitrogens with zero attached hydrogens (tertiary/aromatic N) is 3. The van der Waals surface area contributed by atoms with Crippen LogP contribution in [0.2, 0.25) is 0 Å². The zero-order valence-electron chi connectivity index (χ0n) is 12.6. The van der Waals surface area contributed by atoms with E-state index in [-0.39, 0.29) is 24.0 Å². The van der Waals surface area contributed by atoms with Gasteiger partial charge in [-0.1, -0.05) is 25.7 Å². The highest BCUT2D eigenvalue weighted by atomic mass is 127. The zero-order valence-corrected chi connectivity index (χ0v) is 14.9. The molecule has 0 saturated heterocycles. The summed E-state index contributed by atoms with van der Waals surface area (Å²) in [5, 5.41) is 3.59. The molecule has 0 atom stereocenters. The molecule has 1 heterocycles. The summed E-state index contributed by atoms with van der Waals surface area (Å²) >= 11 is 0. The fourth-order valence-electron chi connectivity index (χ4n) is 3.14. The minimum atomic E-state index is 0. The first-order chi connectivity index (χ1) is 8.64. The minimum Gasteiger partial charge on any atom is -0.354 e. The second-order valence-corrected chi connectivity index (χ2v) is 6.01. The van der Waals surface area contributed by atoms with Gasteiger partial charge >= 0.3 is 0 Å². The number of hydrogen-bond donors (Lipinski definition) is 1. The van der Waals surface area contributed by atoms with Crippen molar-refractivity contribution in [3.05, 3.63) is 0 Å². The summed E-state index contributed by atoms with van der Waals surface area (Å²) in [4.78, 5) is 9.18. The SMILES string of the molecule is CN1CCN=C1NCC1(N(C)C)CCCCCC1.I. The van der Waals surface area contributed by atoms with E-state index in [0.717, 1.165) is 25.6 Å². The van der Waals surface area contributed by atoms with E-state index in [1.54, 1.807) is 0 Å². The lowest BCUT2D eigenvalue weighted by molar-refractivity contribution is 0.132. The Morgan fingerprint density at radius 3 is 2.32 bits per heavy atom.